The minimum atomic E-state index is -4.39. The molecular weight excluding hydrogens is 453 g/mol. The lowest BCUT2D eigenvalue weighted by Gasteiger charge is -2.40. The summed E-state index contributed by atoms with van der Waals surface area (Å²) in [5, 5.41) is 10.6. The van der Waals surface area contributed by atoms with E-state index in [-0.39, 0.29) is 11.9 Å². The van der Waals surface area contributed by atoms with Gasteiger partial charge in [0.1, 0.15) is 5.69 Å². The van der Waals surface area contributed by atoms with Crippen molar-refractivity contribution < 1.29 is 18.0 Å². The van der Waals surface area contributed by atoms with Crippen molar-refractivity contribution in [2.45, 2.75) is 19.1 Å². The molecule has 3 aromatic carbocycles. The van der Waals surface area contributed by atoms with Gasteiger partial charge in [-0.1, -0.05) is 54.6 Å². The number of carbonyl (C=O) groups is 1. The lowest BCUT2D eigenvalue weighted by molar-refractivity contribution is -0.137. The molecule has 0 unspecified atom stereocenters. The van der Waals surface area contributed by atoms with Gasteiger partial charge in [-0.05, 0) is 31.2 Å². The smallest absolute Gasteiger partial charge is 0.351 e. The zero-order chi connectivity index (χ0) is 24.6. The first kappa shape index (κ1) is 22.8. The Morgan fingerprint density at radius 1 is 0.857 bits per heavy atom. The number of piperazine rings is 1. The molecule has 1 fully saturated rings. The molecule has 1 aliphatic rings. The summed E-state index contributed by atoms with van der Waals surface area (Å²) >= 11 is 0. The number of benzene rings is 3. The first-order valence-corrected chi connectivity index (χ1v) is 11.4. The van der Waals surface area contributed by atoms with E-state index in [1.807, 2.05) is 66.4 Å². The molecule has 0 N–H and O–H groups in total. The SMILES string of the molecule is C[C@H]1CN(c2nnc(-c3ccc(C(F)(F)F)cc3)c3ccccc23)CCN1C(=O)c1ccccc1. The first-order chi connectivity index (χ1) is 16.8. The fourth-order valence-electron chi connectivity index (χ4n) is 4.55. The molecule has 2 heterocycles. The van der Waals surface area contributed by atoms with Crippen molar-refractivity contribution in [1.29, 1.82) is 0 Å². The minimum Gasteiger partial charge on any atom is -0.351 e. The number of nitrogens with zero attached hydrogens (tertiary/aromatic N) is 4. The van der Waals surface area contributed by atoms with Crippen LogP contribution in [0.15, 0.2) is 78.9 Å². The first-order valence-electron chi connectivity index (χ1n) is 11.4. The van der Waals surface area contributed by atoms with Crippen molar-refractivity contribution in [2.24, 2.45) is 0 Å². The van der Waals surface area contributed by atoms with Crippen LogP contribution in [-0.4, -0.2) is 46.7 Å². The molecule has 5 nitrogen and oxygen atoms in total. The molecular formula is C27H23F3N4O. The van der Waals surface area contributed by atoms with E-state index in [2.05, 4.69) is 15.1 Å². The molecule has 35 heavy (non-hydrogen) atoms. The van der Waals surface area contributed by atoms with Crippen LogP contribution in [0, 0.1) is 0 Å². The van der Waals surface area contributed by atoms with Gasteiger partial charge in [0.15, 0.2) is 5.82 Å². The van der Waals surface area contributed by atoms with E-state index in [1.54, 1.807) is 0 Å². The van der Waals surface area contributed by atoms with Gasteiger partial charge in [0.2, 0.25) is 0 Å². The highest BCUT2D eigenvalue weighted by molar-refractivity contribution is 6.00. The maximum atomic E-state index is 13.0. The van der Waals surface area contributed by atoms with Crippen molar-refractivity contribution in [3.05, 3.63) is 90.0 Å². The second-order valence-electron chi connectivity index (χ2n) is 8.65. The van der Waals surface area contributed by atoms with Gasteiger partial charge in [-0.3, -0.25) is 4.79 Å². The summed E-state index contributed by atoms with van der Waals surface area (Å²) in [4.78, 5) is 17.0. The van der Waals surface area contributed by atoms with Crippen LogP contribution in [0.25, 0.3) is 22.0 Å². The Hall–Kier alpha value is -3.94. The number of fused-ring (bicyclic) bond motifs is 1. The third kappa shape index (κ3) is 4.43. The Bertz CT molecular complexity index is 1360. The zero-order valence-electron chi connectivity index (χ0n) is 19.0. The molecule has 0 spiro atoms. The predicted octanol–water partition coefficient (Wildman–Crippen LogP) is 5.67. The van der Waals surface area contributed by atoms with Gasteiger partial charge < -0.3 is 9.80 Å². The average molecular weight is 477 g/mol. The quantitative estimate of drug-likeness (QED) is 0.383. The van der Waals surface area contributed by atoms with Crippen molar-refractivity contribution in [3.63, 3.8) is 0 Å². The number of hydrogen-bond donors (Lipinski definition) is 0. The third-order valence-corrected chi connectivity index (χ3v) is 6.36. The lowest BCUT2D eigenvalue weighted by atomic mass is 10.0. The van der Waals surface area contributed by atoms with Crippen LogP contribution in [0.4, 0.5) is 19.0 Å². The molecule has 4 aromatic rings. The van der Waals surface area contributed by atoms with Gasteiger partial charge in [-0.25, -0.2) is 0 Å². The number of carbonyl (C=O) groups excluding carboxylic acids is 1. The summed E-state index contributed by atoms with van der Waals surface area (Å²) < 4.78 is 38.9. The molecule has 1 saturated heterocycles. The summed E-state index contributed by atoms with van der Waals surface area (Å²) in [7, 11) is 0. The summed E-state index contributed by atoms with van der Waals surface area (Å²) in [6.07, 6.45) is -4.39. The molecule has 1 aromatic heterocycles. The van der Waals surface area contributed by atoms with E-state index >= 15 is 0 Å². The lowest BCUT2D eigenvalue weighted by Crippen LogP contribution is -2.54. The molecule has 1 aliphatic heterocycles. The molecule has 1 atom stereocenters. The van der Waals surface area contributed by atoms with Crippen LogP contribution < -0.4 is 4.90 Å². The standard InChI is InChI=1S/C27H23F3N4O/c1-18-17-33(15-16-34(18)26(35)20-7-3-2-4-8-20)25-23-10-6-5-9-22(23)24(31-32-25)19-11-13-21(14-12-19)27(28,29)30/h2-14,18H,15-17H2,1H3/t18-/m0/s1. The number of aromatic nitrogens is 2. The summed E-state index contributed by atoms with van der Waals surface area (Å²) in [5.74, 6) is 0.710. The minimum absolute atomic E-state index is 0.00587. The Morgan fingerprint density at radius 3 is 2.17 bits per heavy atom. The number of halogens is 3. The molecule has 5 rings (SSSR count). The van der Waals surface area contributed by atoms with Gasteiger partial charge in [0, 0.05) is 47.6 Å². The number of rotatable bonds is 3. The molecule has 0 aliphatic carbocycles. The van der Waals surface area contributed by atoms with Crippen molar-refractivity contribution in [1.82, 2.24) is 15.1 Å². The summed E-state index contributed by atoms with van der Waals surface area (Å²) in [6.45, 7) is 3.75. The second-order valence-corrected chi connectivity index (χ2v) is 8.65. The van der Waals surface area contributed by atoms with Crippen molar-refractivity contribution >= 4 is 22.5 Å². The topological polar surface area (TPSA) is 49.3 Å². The van der Waals surface area contributed by atoms with Crippen LogP contribution in [-0.2, 0) is 6.18 Å². The fraction of sp³-hybridized carbons (Fsp3) is 0.222. The molecule has 0 saturated carbocycles. The Labute approximate surface area is 200 Å². The highest BCUT2D eigenvalue weighted by Crippen LogP contribution is 2.34. The average Bonchev–Trinajstić information content (AvgIpc) is 2.88. The van der Waals surface area contributed by atoms with Crippen LogP contribution in [0.5, 0.6) is 0 Å². The van der Waals surface area contributed by atoms with Gasteiger partial charge >= 0.3 is 6.18 Å². The number of alkyl halides is 3. The molecule has 178 valence electrons. The molecule has 1 amide bonds. The van der Waals surface area contributed by atoms with E-state index in [1.165, 1.54) is 12.1 Å². The van der Waals surface area contributed by atoms with Crippen molar-refractivity contribution in [2.75, 3.05) is 24.5 Å². The van der Waals surface area contributed by atoms with Gasteiger partial charge in [-0.15, -0.1) is 10.2 Å². The molecule has 8 heteroatoms. The largest absolute Gasteiger partial charge is 0.416 e. The second kappa shape index (κ2) is 9.02. The van der Waals surface area contributed by atoms with Crippen LogP contribution in [0.3, 0.4) is 0 Å². The zero-order valence-corrected chi connectivity index (χ0v) is 19.0. The van der Waals surface area contributed by atoms with Crippen LogP contribution >= 0.6 is 0 Å². The number of hydrogen-bond acceptors (Lipinski definition) is 4. The fourth-order valence-corrected chi connectivity index (χ4v) is 4.55. The van der Waals surface area contributed by atoms with E-state index in [9.17, 15) is 18.0 Å². The Morgan fingerprint density at radius 2 is 1.51 bits per heavy atom. The van der Waals surface area contributed by atoms with Crippen LogP contribution in [0.2, 0.25) is 0 Å². The summed E-state index contributed by atoms with van der Waals surface area (Å²) in [5.41, 5.74) is 1.06. The monoisotopic (exact) mass is 476 g/mol. The highest BCUT2D eigenvalue weighted by Gasteiger charge is 2.31. The Kier molecular flexibility index (Phi) is 5.88. The third-order valence-electron chi connectivity index (χ3n) is 6.36. The van der Waals surface area contributed by atoms with Gasteiger partial charge in [0.05, 0.1) is 5.56 Å². The summed E-state index contributed by atoms with van der Waals surface area (Å²) in [6, 6.07) is 21.8. The number of amides is 1. The normalized spacial score (nSPS) is 16.5. The van der Waals surface area contributed by atoms with Crippen LogP contribution in [0.1, 0.15) is 22.8 Å². The number of anilines is 1. The maximum Gasteiger partial charge on any atom is 0.416 e. The van der Waals surface area contributed by atoms with E-state index < -0.39 is 11.7 Å². The van der Waals surface area contributed by atoms with E-state index in [4.69, 9.17) is 0 Å². The van der Waals surface area contributed by atoms with Gasteiger partial charge in [-0.2, -0.15) is 13.2 Å². The Balaban J connectivity index is 1.43. The maximum absolute atomic E-state index is 13.0. The highest BCUT2D eigenvalue weighted by atomic mass is 19.4. The van der Waals surface area contributed by atoms with Crippen molar-refractivity contribution in [3.8, 4) is 11.3 Å². The van der Waals surface area contributed by atoms with E-state index in [0.717, 1.165) is 22.9 Å². The molecule has 0 radical (unpaired) electrons. The molecule has 0 bridgehead atoms. The predicted molar refractivity (Wildman–Crippen MR) is 129 cm³/mol. The van der Waals surface area contributed by atoms with Gasteiger partial charge in [0.25, 0.3) is 5.91 Å². The van der Waals surface area contributed by atoms with E-state index in [0.29, 0.717) is 42.3 Å².